The molecule has 0 spiro atoms. The molecule has 0 bridgehead atoms. The Bertz CT molecular complexity index is 1910. The maximum absolute atomic E-state index is 14.6. The van der Waals surface area contributed by atoms with Crippen molar-refractivity contribution >= 4 is 10.9 Å². The Morgan fingerprint density at radius 2 is 1.86 bits per heavy atom. The van der Waals surface area contributed by atoms with Crippen molar-refractivity contribution in [1.82, 2.24) is 29.0 Å². The van der Waals surface area contributed by atoms with Crippen LogP contribution in [-0.2, 0) is 13.6 Å². The molecule has 7 nitrogen and oxygen atoms in total. The van der Waals surface area contributed by atoms with Crippen molar-refractivity contribution in [2.24, 2.45) is 13.0 Å². The van der Waals surface area contributed by atoms with Gasteiger partial charge in [-0.3, -0.25) is 14.3 Å². The second kappa shape index (κ2) is 10.3. The highest BCUT2D eigenvalue weighted by Gasteiger charge is 2.30. The summed E-state index contributed by atoms with van der Waals surface area (Å²) in [5.41, 5.74) is 7.32. The molecule has 0 unspecified atom stereocenters. The number of aromatic nitrogens is 5. The van der Waals surface area contributed by atoms with Crippen molar-refractivity contribution in [2.45, 2.75) is 63.8 Å². The Hall–Kier alpha value is -4.04. The van der Waals surface area contributed by atoms with Crippen LogP contribution in [0.3, 0.4) is 0 Å². The van der Waals surface area contributed by atoms with Gasteiger partial charge in [0.15, 0.2) is 0 Å². The number of aromatic amines is 1. The molecule has 2 aliphatic carbocycles. The number of nitrogens with one attached hydrogen (secondary N) is 1. The predicted molar refractivity (Wildman–Crippen MR) is 167 cm³/mol. The van der Waals surface area contributed by atoms with Crippen molar-refractivity contribution in [3.8, 4) is 28.2 Å². The molecule has 5 aromatic rings. The van der Waals surface area contributed by atoms with Gasteiger partial charge in [0.2, 0.25) is 0 Å². The molecular formula is C35H37FN6O. The summed E-state index contributed by atoms with van der Waals surface area (Å²) in [6, 6.07) is 11.2. The first-order valence-electron chi connectivity index (χ1n) is 15.7. The van der Waals surface area contributed by atoms with E-state index in [9.17, 15) is 9.18 Å². The molecule has 4 aromatic heterocycles. The van der Waals surface area contributed by atoms with E-state index in [0.29, 0.717) is 29.1 Å². The van der Waals surface area contributed by atoms with Gasteiger partial charge in [-0.1, -0.05) is 13.0 Å². The lowest BCUT2D eigenvalue weighted by molar-refractivity contribution is 0.175. The van der Waals surface area contributed by atoms with Gasteiger partial charge in [0.25, 0.3) is 5.56 Å². The van der Waals surface area contributed by atoms with Gasteiger partial charge in [-0.05, 0) is 104 Å². The summed E-state index contributed by atoms with van der Waals surface area (Å²) in [6.07, 6.45) is 12.5. The number of benzene rings is 1. The first-order valence-corrected chi connectivity index (χ1v) is 15.7. The quantitative estimate of drug-likeness (QED) is 0.229. The maximum Gasteiger partial charge on any atom is 0.280 e. The largest absolute Gasteiger partial charge is 0.353 e. The fourth-order valence-electron chi connectivity index (χ4n) is 6.94. The van der Waals surface area contributed by atoms with E-state index in [0.717, 1.165) is 84.5 Å². The number of halogens is 1. The first kappa shape index (κ1) is 26.6. The van der Waals surface area contributed by atoms with Gasteiger partial charge in [0, 0.05) is 54.6 Å². The van der Waals surface area contributed by atoms with Crippen molar-refractivity contribution in [1.29, 1.82) is 0 Å². The van der Waals surface area contributed by atoms with Crippen LogP contribution in [0.4, 0.5) is 4.39 Å². The Morgan fingerprint density at radius 1 is 1.02 bits per heavy atom. The van der Waals surface area contributed by atoms with Crippen molar-refractivity contribution in [2.75, 3.05) is 13.1 Å². The number of hydrogen-bond acceptors (Lipinski definition) is 4. The number of fused-ring (bicyclic) bond motifs is 1. The van der Waals surface area contributed by atoms with Crippen LogP contribution in [0, 0.1) is 11.7 Å². The van der Waals surface area contributed by atoms with E-state index < -0.39 is 0 Å². The third kappa shape index (κ3) is 5.01. The number of likely N-dealkylation sites (tertiary alicyclic amines) is 1. The molecule has 0 radical (unpaired) electrons. The fraction of sp³-hybridized carbons (Fsp3) is 0.400. The molecule has 1 saturated heterocycles. The molecule has 2 saturated carbocycles. The number of piperidine rings is 1. The summed E-state index contributed by atoms with van der Waals surface area (Å²) < 4.78 is 18.2. The zero-order valence-electron chi connectivity index (χ0n) is 24.8. The number of H-pyrrole nitrogens is 1. The van der Waals surface area contributed by atoms with Gasteiger partial charge in [0.1, 0.15) is 17.2 Å². The minimum Gasteiger partial charge on any atom is -0.353 e. The SMILES string of the molecule is C[C@H]1CCCN(Cc2cc3c(C4CC4)cn(-c4cc(-c5ccc(F)cc5-c5cncn5C)cc(C5CC5)n4)c(=O)c3[nH]2)C1. The van der Waals surface area contributed by atoms with E-state index in [1.165, 1.54) is 24.5 Å². The van der Waals surface area contributed by atoms with Crippen LogP contribution in [-0.4, -0.2) is 42.1 Å². The van der Waals surface area contributed by atoms with E-state index in [1.54, 1.807) is 23.2 Å². The van der Waals surface area contributed by atoms with Crippen LogP contribution in [0.15, 0.2) is 59.9 Å². The molecule has 1 atom stereocenters. The Kier molecular flexibility index (Phi) is 6.37. The van der Waals surface area contributed by atoms with E-state index in [1.807, 2.05) is 29.9 Å². The summed E-state index contributed by atoms with van der Waals surface area (Å²) in [4.78, 5) is 29.6. The maximum atomic E-state index is 14.6. The highest BCUT2D eigenvalue weighted by Crippen LogP contribution is 2.44. The normalized spacial score (nSPS) is 19.4. The highest BCUT2D eigenvalue weighted by atomic mass is 19.1. The third-order valence-electron chi connectivity index (χ3n) is 9.50. The topological polar surface area (TPSA) is 71.7 Å². The average molecular weight is 577 g/mol. The van der Waals surface area contributed by atoms with E-state index in [-0.39, 0.29) is 11.4 Å². The summed E-state index contributed by atoms with van der Waals surface area (Å²) in [5, 5.41) is 1.06. The van der Waals surface area contributed by atoms with Gasteiger partial charge in [-0.2, -0.15) is 0 Å². The Labute approximate surface area is 250 Å². The van der Waals surface area contributed by atoms with Gasteiger partial charge in [-0.25, -0.2) is 14.4 Å². The van der Waals surface area contributed by atoms with Crippen LogP contribution >= 0.6 is 0 Å². The van der Waals surface area contributed by atoms with Gasteiger partial charge in [0.05, 0.1) is 18.2 Å². The Balaban J connectivity index is 1.27. The lowest BCUT2D eigenvalue weighted by Gasteiger charge is -2.30. The number of rotatable bonds is 7. The van der Waals surface area contributed by atoms with Crippen LogP contribution in [0.2, 0.25) is 0 Å². The van der Waals surface area contributed by atoms with Crippen molar-refractivity contribution in [3.05, 3.63) is 88.2 Å². The second-order valence-electron chi connectivity index (χ2n) is 13.1. The van der Waals surface area contributed by atoms with Crippen LogP contribution in [0.5, 0.6) is 0 Å². The highest BCUT2D eigenvalue weighted by molar-refractivity contribution is 5.85. The zero-order valence-corrected chi connectivity index (χ0v) is 24.8. The number of aryl methyl sites for hydroxylation is 1. The average Bonchev–Trinajstić information content (AvgIpc) is 3.93. The number of imidazole rings is 1. The van der Waals surface area contributed by atoms with Crippen LogP contribution < -0.4 is 5.56 Å². The van der Waals surface area contributed by atoms with Crippen LogP contribution in [0.25, 0.3) is 39.1 Å². The summed E-state index contributed by atoms with van der Waals surface area (Å²) in [5.74, 6) is 1.87. The molecule has 0 amide bonds. The fourth-order valence-corrected chi connectivity index (χ4v) is 6.94. The molecule has 1 aromatic carbocycles. The van der Waals surface area contributed by atoms with Crippen LogP contribution in [0.1, 0.15) is 74.2 Å². The minimum atomic E-state index is -0.297. The molecule has 3 aliphatic rings. The van der Waals surface area contributed by atoms with E-state index in [4.69, 9.17) is 4.98 Å². The lowest BCUT2D eigenvalue weighted by Crippen LogP contribution is -2.33. The predicted octanol–water partition coefficient (Wildman–Crippen LogP) is 6.91. The van der Waals surface area contributed by atoms with Crippen molar-refractivity contribution < 1.29 is 4.39 Å². The third-order valence-corrected chi connectivity index (χ3v) is 9.50. The second-order valence-corrected chi connectivity index (χ2v) is 13.1. The minimum absolute atomic E-state index is 0.0741. The molecule has 5 heterocycles. The molecule has 220 valence electrons. The molecular weight excluding hydrogens is 539 g/mol. The van der Waals surface area contributed by atoms with Gasteiger partial charge >= 0.3 is 0 Å². The number of nitrogens with zero attached hydrogens (tertiary/aromatic N) is 5. The van der Waals surface area contributed by atoms with Crippen molar-refractivity contribution in [3.63, 3.8) is 0 Å². The summed E-state index contributed by atoms with van der Waals surface area (Å²) >= 11 is 0. The van der Waals surface area contributed by atoms with Gasteiger partial charge < -0.3 is 9.55 Å². The monoisotopic (exact) mass is 576 g/mol. The smallest absolute Gasteiger partial charge is 0.280 e. The first-order chi connectivity index (χ1) is 20.9. The number of hydrogen-bond donors (Lipinski definition) is 1. The molecule has 8 heteroatoms. The molecule has 1 N–H and O–H groups in total. The molecule has 3 fully saturated rings. The number of pyridine rings is 2. The van der Waals surface area contributed by atoms with Gasteiger partial charge in [-0.15, -0.1) is 0 Å². The molecule has 1 aliphatic heterocycles. The summed E-state index contributed by atoms with van der Waals surface area (Å²) in [6.45, 7) is 5.36. The standard InChI is InChI=1S/C35H37FN6O/c1-21-4-3-11-41(17-21)18-26-15-29-30(22-5-6-22)19-42(35(43)34(29)38-26)33-13-24(12-31(39-33)23-7-8-23)27-10-9-25(36)14-28(27)32-16-37-20-40(32)2/h9-10,12-16,19-23,38H,3-8,11,17-18H2,1-2H3/t21-/m0/s1. The summed E-state index contributed by atoms with van der Waals surface area (Å²) in [7, 11) is 1.91. The van der Waals surface area contributed by atoms with E-state index >= 15 is 0 Å². The molecule has 43 heavy (non-hydrogen) atoms. The van der Waals surface area contributed by atoms with E-state index in [2.05, 4.69) is 33.9 Å². The lowest BCUT2D eigenvalue weighted by atomic mass is 9.97. The Morgan fingerprint density at radius 3 is 2.60 bits per heavy atom. The molecule has 8 rings (SSSR count). The zero-order chi connectivity index (χ0) is 29.2.